The zero-order valence-corrected chi connectivity index (χ0v) is 19.0. The van der Waals surface area contributed by atoms with E-state index in [-0.39, 0.29) is 29.3 Å². The van der Waals surface area contributed by atoms with Gasteiger partial charge in [-0.3, -0.25) is 19.3 Å². The summed E-state index contributed by atoms with van der Waals surface area (Å²) in [6.07, 6.45) is 0.663. The average molecular weight is 444 g/mol. The average Bonchev–Trinajstić information content (AvgIpc) is 3.02. The number of rotatable bonds is 6. The third-order valence-corrected chi connectivity index (χ3v) is 5.57. The van der Waals surface area contributed by atoms with Crippen LogP contribution in [0.3, 0.4) is 0 Å². The minimum Gasteiger partial charge on any atom is -0.324 e. The molecule has 33 heavy (non-hydrogen) atoms. The molecule has 0 aliphatic carbocycles. The molecule has 1 atom stereocenters. The lowest BCUT2D eigenvalue weighted by Crippen LogP contribution is -2.37. The zero-order valence-electron chi connectivity index (χ0n) is 19.0. The molecular weight excluding hydrogens is 418 g/mol. The Labute approximate surface area is 192 Å². The van der Waals surface area contributed by atoms with Gasteiger partial charge in [0, 0.05) is 34.4 Å². The predicted molar refractivity (Wildman–Crippen MR) is 126 cm³/mol. The molecule has 4 rings (SSSR count). The van der Waals surface area contributed by atoms with Gasteiger partial charge < -0.3 is 10.6 Å². The largest absolute Gasteiger partial charge is 0.324 e. The first-order chi connectivity index (χ1) is 15.8. The van der Waals surface area contributed by atoms with Gasteiger partial charge in [-0.1, -0.05) is 13.0 Å². The van der Waals surface area contributed by atoms with Gasteiger partial charge in [-0.25, -0.2) is 9.97 Å². The molecule has 2 heterocycles. The van der Waals surface area contributed by atoms with Crippen molar-refractivity contribution in [1.29, 1.82) is 0 Å². The molecule has 0 saturated heterocycles. The number of amides is 3. The van der Waals surface area contributed by atoms with Gasteiger partial charge in [0.15, 0.2) is 0 Å². The number of aromatic nitrogens is 2. The topological polar surface area (TPSA) is 104 Å². The Bertz CT molecular complexity index is 1250. The van der Waals surface area contributed by atoms with Crippen LogP contribution in [0, 0.1) is 13.8 Å². The minimum absolute atomic E-state index is 0.203. The van der Waals surface area contributed by atoms with Gasteiger partial charge in [-0.2, -0.15) is 0 Å². The summed E-state index contributed by atoms with van der Waals surface area (Å²) in [4.78, 5) is 48.2. The van der Waals surface area contributed by atoms with Crippen molar-refractivity contribution in [3.63, 3.8) is 0 Å². The molecule has 0 saturated carbocycles. The number of anilines is 3. The van der Waals surface area contributed by atoms with Crippen molar-refractivity contribution in [2.45, 2.75) is 40.2 Å². The van der Waals surface area contributed by atoms with Gasteiger partial charge in [0.1, 0.15) is 0 Å². The number of nitrogens with zero attached hydrogens (tertiary/aromatic N) is 3. The Morgan fingerprint density at radius 1 is 0.939 bits per heavy atom. The number of nitrogens with one attached hydrogen (secondary N) is 2. The third kappa shape index (κ3) is 4.45. The SMILES string of the molecule is CCC(C)N1C(=O)c2ccc(C(=O)Nc3cccc(Nc4nc(C)cc(C)n4)c3)cc2C1=O. The number of aryl methyl sites for hydroxylation is 2. The van der Waals surface area contributed by atoms with Crippen LogP contribution in [-0.4, -0.2) is 38.6 Å². The van der Waals surface area contributed by atoms with Crippen LogP contribution in [0.4, 0.5) is 17.3 Å². The summed E-state index contributed by atoms with van der Waals surface area (Å²) in [5.74, 6) is -0.578. The van der Waals surface area contributed by atoms with Crippen LogP contribution in [0.1, 0.15) is 62.7 Å². The van der Waals surface area contributed by atoms with Crippen molar-refractivity contribution < 1.29 is 14.4 Å². The number of carbonyl (C=O) groups excluding carboxylic acids is 3. The highest BCUT2D eigenvalue weighted by molar-refractivity contribution is 6.22. The van der Waals surface area contributed by atoms with Gasteiger partial charge in [-0.15, -0.1) is 0 Å². The summed E-state index contributed by atoms with van der Waals surface area (Å²) >= 11 is 0. The number of hydrogen-bond donors (Lipinski definition) is 2. The van der Waals surface area contributed by atoms with Gasteiger partial charge in [0.05, 0.1) is 11.1 Å². The lowest BCUT2D eigenvalue weighted by Gasteiger charge is -2.20. The van der Waals surface area contributed by atoms with E-state index in [9.17, 15) is 14.4 Å². The van der Waals surface area contributed by atoms with Gasteiger partial charge >= 0.3 is 0 Å². The van der Waals surface area contributed by atoms with Crippen LogP contribution in [0.15, 0.2) is 48.5 Å². The highest BCUT2D eigenvalue weighted by Crippen LogP contribution is 2.27. The van der Waals surface area contributed by atoms with Crippen molar-refractivity contribution in [3.8, 4) is 0 Å². The quantitative estimate of drug-likeness (QED) is 0.544. The molecule has 3 amide bonds. The Balaban J connectivity index is 1.52. The second-order valence-corrected chi connectivity index (χ2v) is 8.13. The highest BCUT2D eigenvalue weighted by atomic mass is 16.2. The Kier molecular flexibility index (Phi) is 5.91. The lowest BCUT2D eigenvalue weighted by atomic mass is 10.1. The Hall–Kier alpha value is -4.07. The van der Waals surface area contributed by atoms with Crippen molar-refractivity contribution in [2.24, 2.45) is 0 Å². The van der Waals surface area contributed by atoms with E-state index in [1.54, 1.807) is 30.3 Å². The number of benzene rings is 2. The molecule has 2 aromatic carbocycles. The van der Waals surface area contributed by atoms with E-state index in [1.807, 2.05) is 39.8 Å². The molecule has 0 bridgehead atoms. The fourth-order valence-corrected chi connectivity index (χ4v) is 3.77. The van der Waals surface area contributed by atoms with E-state index in [2.05, 4.69) is 20.6 Å². The molecule has 8 nitrogen and oxygen atoms in total. The van der Waals surface area contributed by atoms with E-state index in [0.717, 1.165) is 17.1 Å². The molecule has 0 spiro atoms. The molecule has 1 aliphatic heterocycles. The number of fused-ring (bicyclic) bond motifs is 1. The van der Waals surface area contributed by atoms with Crippen molar-refractivity contribution in [3.05, 3.63) is 76.6 Å². The summed E-state index contributed by atoms with van der Waals surface area (Å²) in [6, 6.07) is 13.5. The molecule has 0 radical (unpaired) electrons. The van der Waals surface area contributed by atoms with E-state index in [4.69, 9.17) is 0 Å². The minimum atomic E-state index is -0.375. The first-order valence-corrected chi connectivity index (χ1v) is 10.8. The second-order valence-electron chi connectivity index (χ2n) is 8.13. The fourth-order valence-electron chi connectivity index (χ4n) is 3.77. The molecule has 168 valence electrons. The lowest BCUT2D eigenvalue weighted by molar-refractivity contribution is 0.0593. The standard InChI is InChI=1S/C25H25N5O3/c1-5-16(4)30-23(32)20-10-9-17(12-21(20)24(30)33)22(31)28-18-7-6-8-19(13-18)29-25-26-14(2)11-15(3)27-25/h6-13,16H,5H2,1-4H3,(H,28,31)(H,26,27,29). The van der Waals surface area contributed by atoms with Crippen LogP contribution < -0.4 is 10.6 Å². The zero-order chi connectivity index (χ0) is 23.7. The second kappa shape index (κ2) is 8.82. The van der Waals surface area contributed by atoms with E-state index in [0.29, 0.717) is 29.2 Å². The van der Waals surface area contributed by atoms with Crippen molar-refractivity contribution in [1.82, 2.24) is 14.9 Å². The number of carbonyl (C=O) groups is 3. The highest BCUT2D eigenvalue weighted by Gasteiger charge is 2.38. The Morgan fingerprint density at radius 3 is 2.30 bits per heavy atom. The van der Waals surface area contributed by atoms with E-state index in [1.165, 1.54) is 11.0 Å². The van der Waals surface area contributed by atoms with E-state index >= 15 is 0 Å². The normalized spacial score (nSPS) is 13.6. The van der Waals surface area contributed by atoms with E-state index < -0.39 is 0 Å². The maximum atomic E-state index is 12.9. The summed E-state index contributed by atoms with van der Waals surface area (Å²) < 4.78 is 0. The monoisotopic (exact) mass is 443 g/mol. The predicted octanol–water partition coefficient (Wildman–Crippen LogP) is 4.48. The van der Waals surface area contributed by atoms with Crippen LogP contribution >= 0.6 is 0 Å². The summed E-state index contributed by atoms with van der Waals surface area (Å²) in [6.45, 7) is 7.54. The first kappa shape index (κ1) is 22.1. The van der Waals surface area contributed by atoms with Crippen molar-refractivity contribution >= 4 is 35.0 Å². The van der Waals surface area contributed by atoms with Crippen LogP contribution in [0.25, 0.3) is 0 Å². The van der Waals surface area contributed by atoms with Crippen LogP contribution in [0.2, 0.25) is 0 Å². The van der Waals surface area contributed by atoms with Crippen LogP contribution in [-0.2, 0) is 0 Å². The summed E-state index contributed by atoms with van der Waals surface area (Å²) in [7, 11) is 0. The number of hydrogen-bond acceptors (Lipinski definition) is 6. The molecule has 1 aromatic heterocycles. The molecule has 1 aliphatic rings. The third-order valence-electron chi connectivity index (χ3n) is 5.57. The summed E-state index contributed by atoms with van der Waals surface area (Å²) in [5.41, 5.74) is 3.89. The molecule has 1 unspecified atom stereocenters. The maximum Gasteiger partial charge on any atom is 0.261 e. The molecule has 3 aromatic rings. The molecule has 8 heteroatoms. The molecule has 2 N–H and O–H groups in total. The number of imide groups is 1. The smallest absolute Gasteiger partial charge is 0.261 e. The molecule has 0 fully saturated rings. The summed E-state index contributed by atoms with van der Waals surface area (Å²) in [5, 5.41) is 5.98. The van der Waals surface area contributed by atoms with Crippen LogP contribution in [0.5, 0.6) is 0 Å². The maximum absolute atomic E-state index is 12.9. The first-order valence-electron chi connectivity index (χ1n) is 10.8. The van der Waals surface area contributed by atoms with Crippen molar-refractivity contribution in [2.75, 3.05) is 10.6 Å². The molecular formula is C25H25N5O3. The van der Waals surface area contributed by atoms with Gasteiger partial charge in [0.2, 0.25) is 5.95 Å². The van der Waals surface area contributed by atoms with Gasteiger partial charge in [0.25, 0.3) is 17.7 Å². The fraction of sp³-hybridized carbons (Fsp3) is 0.240. The van der Waals surface area contributed by atoms with Gasteiger partial charge in [-0.05, 0) is 69.7 Å². The Morgan fingerprint density at radius 2 is 1.61 bits per heavy atom.